The van der Waals surface area contributed by atoms with Crippen LogP contribution in [0.4, 0.5) is 13.2 Å². The fourth-order valence-corrected chi connectivity index (χ4v) is 2.80. The van der Waals surface area contributed by atoms with Gasteiger partial charge in [0.1, 0.15) is 5.75 Å². The largest absolute Gasteiger partial charge is 0.484 e. The van der Waals surface area contributed by atoms with Gasteiger partial charge in [-0.25, -0.2) is 8.42 Å². The normalized spacial score (nSPS) is 12.1. The van der Waals surface area contributed by atoms with E-state index in [2.05, 4.69) is 10.1 Å². The molecule has 142 valence electrons. The lowest BCUT2D eigenvalue weighted by Gasteiger charge is -2.05. The van der Waals surface area contributed by atoms with Gasteiger partial charge in [-0.05, 0) is 36.4 Å². The molecule has 3 aromatic rings. The fraction of sp³-hybridized carbons (Fsp3) is 0.176. The first-order valence-corrected chi connectivity index (χ1v) is 9.45. The molecule has 2 aromatic carbocycles. The second-order valence-electron chi connectivity index (χ2n) is 5.62. The first-order valence-electron chi connectivity index (χ1n) is 7.56. The Morgan fingerprint density at radius 1 is 1.04 bits per heavy atom. The maximum absolute atomic E-state index is 12.6. The lowest BCUT2D eigenvalue weighted by molar-refractivity contribution is -0.137. The van der Waals surface area contributed by atoms with Crippen LogP contribution < -0.4 is 4.74 Å². The SMILES string of the molecule is CS(=O)(=O)c1ccc(OCc2nc(-c3ccc(C(F)(F)F)cc3)no2)cc1. The number of aromatic nitrogens is 2. The van der Waals surface area contributed by atoms with E-state index < -0.39 is 21.6 Å². The van der Waals surface area contributed by atoms with Crippen LogP contribution in [0.2, 0.25) is 0 Å². The number of alkyl halides is 3. The highest BCUT2D eigenvalue weighted by molar-refractivity contribution is 7.90. The van der Waals surface area contributed by atoms with Gasteiger partial charge < -0.3 is 9.26 Å². The van der Waals surface area contributed by atoms with E-state index in [4.69, 9.17) is 9.26 Å². The average molecular weight is 398 g/mol. The second-order valence-corrected chi connectivity index (χ2v) is 7.63. The Morgan fingerprint density at radius 2 is 1.67 bits per heavy atom. The van der Waals surface area contributed by atoms with Gasteiger partial charge in [-0.15, -0.1) is 0 Å². The molecule has 1 heterocycles. The van der Waals surface area contributed by atoms with Crippen molar-refractivity contribution in [2.45, 2.75) is 17.7 Å². The summed E-state index contributed by atoms with van der Waals surface area (Å²) in [5.41, 5.74) is -0.397. The maximum Gasteiger partial charge on any atom is 0.416 e. The molecular formula is C17H13F3N2O4S. The predicted molar refractivity (Wildman–Crippen MR) is 88.6 cm³/mol. The van der Waals surface area contributed by atoms with Crippen molar-refractivity contribution in [2.75, 3.05) is 6.26 Å². The molecule has 0 aliphatic rings. The number of sulfone groups is 1. The van der Waals surface area contributed by atoms with Crippen molar-refractivity contribution in [3.05, 3.63) is 60.0 Å². The van der Waals surface area contributed by atoms with Crippen LogP contribution in [-0.2, 0) is 22.6 Å². The van der Waals surface area contributed by atoms with E-state index in [9.17, 15) is 21.6 Å². The van der Waals surface area contributed by atoms with Gasteiger partial charge in [-0.3, -0.25) is 0 Å². The highest BCUT2D eigenvalue weighted by Crippen LogP contribution is 2.30. The summed E-state index contributed by atoms with van der Waals surface area (Å²) in [5.74, 6) is 0.656. The van der Waals surface area contributed by atoms with Gasteiger partial charge in [0.25, 0.3) is 5.89 Å². The van der Waals surface area contributed by atoms with Crippen LogP contribution >= 0.6 is 0 Å². The zero-order chi connectivity index (χ0) is 19.7. The summed E-state index contributed by atoms with van der Waals surface area (Å²) >= 11 is 0. The Hall–Kier alpha value is -2.88. The first kappa shape index (κ1) is 18.9. The minimum atomic E-state index is -4.42. The number of halogens is 3. The number of benzene rings is 2. The molecule has 0 bridgehead atoms. The van der Waals surface area contributed by atoms with Crippen LogP contribution in [0, 0.1) is 0 Å². The summed E-state index contributed by atoms with van der Waals surface area (Å²) in [6.45, 7) is -0.0775. The van der Waals surface area contributed by atoms with Crippen LogP contribution in [-0.4, -0.2) is 24.8 Å². The summed E-state index contributed by atoms with van der Waals surface area (Å²) in [7, 11) is -3.29. The molecule has 6 nitrogen and oxygen atoms in total. The molecule has 0 aliphatic carbocycles. The molecule has 0 spiro atoms. The molecule has 0 unspecified atom stereocenters. The molecule has 0 N–H and O–H groups in total. The molecule has 0 atom stereocenters. The van der Waals surface area contributed by atoms with Gasteiger partial charge in [0.15, 0.2) is 16.4 Å². The minimum absolute atomic E-state index is 0.0775. The smallest absolute Gasteiger partial charge is 0.416 e. The van der Waals surface area contributed by atoms with Crippen LogP contribution in [0.15, 0.2) is 57.9 Å². The second kappa shape index (κ2) is 7.03. The zero-order valence-corrected chi connectivity index (χ0v) is 14.7. The van der Waals surface area contributed by atoms with Crippen molar-refractivity contribution in [3.8, 4) is 17.1 Å². The molecule has 0 saturated heterocycles. The number of rotatable bonds is 5. The Labute approximate surface area is 152 Å². The lowest BCUT2D eigenvalue weighted by Crippen LogP contribution is -2.04. The summed E-state index contributed by atoms with van der Waals surface area (Å²) in [6.07, 6.45) is -3.31. The Kier molecular flexibility index (Phi) is 4.92. The minimum Gasteiger partial charge on any atom is -0.484 e. The van der Waals surface area contributed by atoms with Gasteiger partial charge in [0.2, 0.25) is 5.82 Å². The van der Waals surface area contributed by atoms with E-state index in [1.54, 1.807) is 0 Å². The van der Waals surface area contributed by atoms with Crippen molar-refractivity contribution in [1.29, 1.82) is 0 Å². The topological polar surface area (TPSA) is 82.3 Å². The highest BCUT2D eigenvalue weighted by atomic mass is 32.2. The molecule has 1 aromatic heterocycles. The monoisotopic (exact) mass is 398 g/mol. The third-order valence-corrected chi connectivity index (χ3v) is 4.68. The Balaban J connectivity index is 1.66. The highest BCUT2D eigenvalue weighted by Gasteiger charge is 2.30. The van der Waals surface area contributed by atoms with E-state index in [0.717, 1.165) is 18.4 Å². The van der Waals surface area contributed by atoms with Crippen LogP contribution in [0.5, 0.6) is 5.75 Å². The van der Waals surface area contributed by atoms with Gasteiger partial charge in [0, 0.05) is 11.8 Å². The molecule has 0 fully saturated rings. The summed E-state index contributed by atoms with van der Waals surface area (Å²) < 4.78 is 71.0. The van der Waals surface area contributed by atoms with Crippen molar-refractivity contribution in [3.63, 3.8) is 0 Å². The van der Waals surface area contributed by atoms with E-state index in [-0.39, 0.29) is 23.2 Å². The van der Waals surface area contributed by atoms with E-state index >= 15 is 0 Å². The maximum atomic E-state index is 12.6. The summed E-state index contributed by atoms with van der Waals surface area (Å²) in [4.78, 5) is 4.23. The molecule has 10 heteroatoms. The standard InChI is InChI=1S/C17H13F3N2O4S/c1-27(23,24)14-8-6-13(7-9-14)25-10-15-21-16(22-26-15)11-2-4-12(5-3-11)17(18,19)20/h2-9H,10H2,1H3. The van der Waals surface area contributed by atoms with Crippen LogP contribution in [0.25, 0.3) is 11.4 Å². The Bertz CT molecular complexity index is 1030. The predicted octanol–water partition coefficient (Wildman–Crippen LogP) is 3.74. The number of ether oxygens (including phenoxy) is 1. The van der Waals surface area contributed by atoms with Gasteiger partial charge in [-0.1, -0.05) is 17.3 Å². The first-order chi connectivity index (χ1) is 12.6. The molecule has 0 amide bonds. The zero-order valence-electron chi connectivity index (χ0n) is 13.9. The number of hydrogen-bond acceptors (Lipinski definition) is 6. The van der Waals surface area contributed by atoms with E-state index in [0.29, 0.717) is 11.3 Å². The van der Waals surface area contributed by atoms with Crippen LogP contribution in [0.3, 0.4) is 0 Å². The number of nitrogens with zero attached hydrogens (tertiary/aromatic N) is 2. The lowest BCUT2D eigenvalue weighted by atomic mass is 10.1. The molecule has 27 heavy (non-hydrogen) atoms. The quantitative estimate of drug-likeness (QED) is 0.651. The summed E-state index contributed by atoms with van der Waals surface area (Å²) in [5, 5.41) is 3.71. The van der Waals surface area contributed by atoms with Crippen molar-refractivity contribution in [2.24, 2.45) is 0 Å². The van der Waals surface area contributed by atoms with Gasteiger partial charge in [-0.2, -0.15) is 18.2 Å². The summed E-state index contributed by atoms with van der Waals surface area (Å²) in [6, 6.07) is 10.2. The van der Waals surface area contributed by atoms with Gasteiger partial charge >= 0.3 is 6.18 Å². The van der Waals surface area contributed by atoms with Crippen molar-refractivity contribution < 1.29 is 30.8 Å². The molecular weight excluding hydrogens is 385 g/mol. The molecule has 0 radical (unpaired) electrons. The van der Waals surface area contributed by atoms with Crippen LogP contribution in [0.1, 0.15) is 11.5 Å². The average Bonchev–Trinajstić information content (AvgIpc) is 3.08. The van der Waals surface area contributed by atoms with E-state index in [1.165, 1.54) is 36.4 Å². The molecule has 3 rings (SSSR count). The van der Waals surface area contributed by atoms with Crippen molar-refractivity contribution in [1.82, 2.24) is 10.1 Å². The third-order valence-electron chi connectivity index (χ3n) is 3.55. The number of hydrogen-bond donors (Lipinski definition) is 0. The van der Waals surface area contributed by atoms with Gasteiger partial charge in [0.05, 0.1) is 10.5 Å². The Morgan fingerprint density at radius 3 is 2.22 bits per heavy atom. The fourth-order valence-electron chi connectivity index (χ4n) is 2.17. The third kappa shape index (κ3) is 4.64. The molecule has 0 saturated carbocycles. The molecule has 0 aliphatic heterocycles. The van der Waals surface area contributed by atoms with E-state index in [1.807, 2.05) is 0 Å². The van der Waals surface area contributed by atoms with Crippen molar-refractivity contribution >= 4 is 9.84 Å².